The van der Waals surface area contributed by atoms with Crippen molar-refractivity contribution in [2.75, 3.05) is 19.8 Å². The van der Waals surface area contributed by atoms with E-state index >= 15 is 0 Å². The first-order valence-corrected chi connectivity index (χ1v) is 7.23. The average Bonchev–Trinajstić information content (AvgIpc) is 3.16. The minimum Gasteiger partial charge on any atom is -0.381 e. The first-order chi connectivity index (χ1) is 7.92. The van der Waals surface area contributed by atoms with Crippen molar-refractivity contribution < 1.29 is 4.74 Å². The van der Waals surface area contributed by atoms with Gasteiger partial charge in [0, 0.05) is 19.3 Å². The van der Waals surface area contributed by atoms with E-state index in [1.54, 1.807) is 0 Å². The Morgan fingerprint density at radius 2 is 1.69 bits per heavy atom. The maximum atomic E-state index is 5.57. The third-order valence-electron chi connectivity index (χ3n) is 3.75. The highest BCUT2D eigenvalue weighted by atomic mass is 16.5. The predicted octanol–water partition coefficient (Wildman–Crippen LogP) is 2.97. The summed E-state index contributed by atoms with van der Waals surface area (Å²) >= 11 is 0. The predicted molar refractivity (Wildman–Crippen MR) is 67.6 cm³/mol. The Morgan fingerprint density at radius 1 is 1.06 bits per heavy atom. The molecule has 16 heavy (non-hydrogen) atoms. The molecule has 2 aliphatic rings. The van der Waals surface area contributed by atoms with Gasteiger partial charge in [-0.1, -0.05) is 13.3 Å². The van der Waals surface area contributed by atoms with Crippen LogP contribution < -0.4 is 5.32 Å². The molecule has 0 radical (unpaired) electrons. The van der Waals surface area contributed by atoms with Crippen LogP contribution in [-0.4, -0.2) is 25.8 Å². The first-order valence-electron chi connectivity index (χ1n) is 7.23. The quantitative estimate of drug-likeness (QED) is 0.577. The monoisotopic (exact) mass is 225 g/mol. The van der Waals surface area contributed by atoms with Crippen molar-refractivity contribution in [3.63, 3.8) is 0 Å². The highest BCUT2D eigenvalue weighted by Gasteiger charge is 2.40. The summed E-state index contributed by atoms with van der Waals surface area (Å²) in [5.41, 5.74) is 0. The Morgan fingerprint density at radius 3 is 2.25 bits per heavy atom. The maximum absolute atomic E-state index is 5.57. The van der Waals surface area contributed by atoms with Gasteiger partial charge in [0.1, 0.15) is 0 Å². The summed E-state index contributed by atoms with van der Waals surface area (Å²) < 4.78 is 5.57. The zero-order valence-corrected chi connectivity index (χ0v) is 10.7. The van der Waals surface area contributed by atoms with E-state index in [4.69, 9.17) is 4.74 Å². The molecule has 2 nitrogen and oxygen atoms in total. The summed E-state index contributed by atoms with van der Waals surface area (Å²) in [4.78, 5) is 0. The smallest absolute Gasteiger partial charge is 0.0478 e. The number of hydrogen-bond acceptors (Lipinski definition) is 2. The van der Waals surface area contributed by atoms with Crippen LogP contribution in [0.1, 0.15) is 51.9 Å². The van der Waals surface area contributed by atoms with Gasteiger partial charge in [-0.3, -0.25) is 0 Å². The SMILES string of the molecule is CCCCOCCCNC(C1CC1)C1CC1. The number of nitrogens with one attached hydrogen (secondary N) is 1. The summed E-state index contributed by atoms with van der Waals surface area (Å²) in [7, 11) is 0. The van der Waals surface area contributed by atoms with Crippen molar-refractivity contribution in [1.82, 2.24) is 5.32 Å². The second-order valence-corrected chi connectivity index (χ2v) is 5.47. The number of unbranched alkanes of at least 4 members (excludes halogenated alkanes) is 1. The minimum atomic E-state index is 0.857. The van der Waals surface area contributed by atoms with Gasteiger partial charge in [0.2, 0.25) is 0 Å². The third-order valence-corrected chi connectivity index (χ3v) is 3.75. The van der Waals surface area contributed by atoms with Crippen molar-refractivity contribution >= 4 is 0 Å². The Labute approximate surface area is 100 Å². The van der Waals surface area contributed by atoms with Gasteiger partial charge in [-0.25, -0.2) is 0 Å². The Hall–Kier alpha value is -0.0800. The second kappa shape index (κ2) is 6.61. The van der Waals surface area contributed by atoms with Gasteiger partial charge in [-0.05, 0) is 56.9 Å². The Bertz CT molecular complexity index is 175. The number of ether oxygens (including phenoxy) is 1. The summed E-state index contributed by atoms with van der Waals surface area (Å²) in [6.07, 6.45) is 9.52. The van der Waals surface area contributed by atoms with Crippen LogP contribution in [0, 0.1) is 11.8 Å². The molecule has 2 heteroatoms. The Kier molecular flexibility index (Phi) is 5.11. The Balaban J connectivity index is 1.44. The van der Waals surface area contributed by atoms with E-state index in [0.29, 0.717) is 0 Å². The lowest BCUT2D eigenvalue weighted by atomic mass is 10.1. The summed E-state index contributed by atoms with van der Waals surface area (Å²) in [6.45, 7) is 5.25. The zero-order valence-electron chi connectivity index (χ0n) is 10.7. The van der Waals surface area contributed by atoms with Crippen LogP contribution in [0.2, 0.25) is 0 Å². The lowest BCUT2D eigenvalue weighted by Crippen LogP contribution is -2.34. The van der Waals surface area contributed by atoms with Crippen LogP contribution in [0.5, 0.6) is 0 Å². The van der Waals surface area contributed by atoms with Crippen molar-refractivity contribution in [2.45, 2.75) is 57.9 Å². The number of hydrogen-bond donors (Lipinski definition) is 1. The van der Waals surface area contributed by atoms with Gasteiger partial charge >= 0.3 is 0 Å². The second-order valence-electron chi connectivity index (χ2n) is 5.47. The molecule has 2 aliphatic carbocycles. The largest absolute Gasteiger partial charge is 0.381 e. The molecule has 1 N–H and O–H groups in total. The molecule has 0 aromatic heterocycles. The molecular weight excluding hydrogens is 198 g/mol. The highest BCUT2D eigenvalue weighted by Crippen LogP contribution is 2.44. The van der Waals surface area contributed by atoms with Crippen LogP contribution >= 0.6 is 0 Å². The van der Waals surface area contributed by atoms with Gasteiger partial charge in [-0.15, -0.1) is 0 Å². The molecule has 0 spiro atoms. The molecule has 2 saturated carbocycles. The standard InChI is InChI=1S/C14H27NO/c1-2-3-10-16-11-4-9-15-14(12-5-6-12)13-7-8-13/h12-15H,2-11H2,1H3. The van der Waals surface area contributed by atoms with E-state index in [2.05, 4.69) is 12.2 Å². The van der Waals surface area contributed by atoms with E-state index < -0.39 is 0 Å². The summed E-state index contributed by atoms with van der Waals surface area (Å²) in [5, 5.41) is 3.75. The normalized spacial score (nSPS) is 20.6. The van der Waals surface area contributed by atoms with Gasteiger partial charge < -0.3 is 10.1 Å². The summed E-state index contributed by atoms with van der Waals surface area (Å²) in [5.74, 6) is 2.04. The van der Waals surface area contributed by atoms with Gasteiger partial charge in [0.25, 0.3) is 0 Å². The first kappa shape index (κ1) is 12.4. The molecule has 0 saturated heterocycles. The molecule has 0 amide bonds. The van der Waals surface area contributed by atoms with Crippen LogP contribution in [-0.2, 0) is 4.74 Å². The van der Waals surface area contributed by atoms with Crippen LogP contribution in [0.3, 0.4) is 0 Å². The lowest BCUT2D eigenvalue weighted by Gasteiger charge is -2.17. The maximum Gasteiger partial charge on any atom is 0.0478 e. The van der Waals surface area contributed by atoms with Gasteiger partial charge in [-0.2, -0.15) is 0 Å². The topological polar surface area (TPSA) is 21.3 Å². The molecular formula is C14H27NO. The molecule has 0 aromatic carbocycles. The minimum absolute atomic E-state index is 0.857. The van der Waals surface area contributed by atoms with Crippen LogP contribution in [0.15, 0.2) is 0 Å². The van der Waals surface area contributed by atoms with E-state index in [-0.39, 0.29) is 0 Å². The molecule has 2 rings (SSSR count). The molecule has 0 aliphatic heterocycles. The molecule has 0 atom stereocenters. The zero-order chi connectivity index (χ0) is 11.2. The lowest BCUT2D eigenvalue weighted by molar-refractivity contribution is 0.127. The number of rotatable bonds is 10. The van der Waals surface area contributed by atoms with Crippen molar-refractivity contribution in [3.05, 3.63) is 0 Å². The van der Waals surface area contributed by atoms with E-state index in [9.17, 15) is 0 Å². The molecule has 94 valence electrons. The van der Waals surface area contributed by atoms with Crippen molar-refractivity contribution in [3.8, 4) is 0 Å². The molecule has 0 heterocycles. The average molecular weight is 225 g/mol. The fourth-order valence-corrected chi connectivity index (χ4v) is 2.42. The van der Waals surface area contributed by atoms with Crippen molar-refractivity contribution in [1.29, 1.82) is 0 Å². The fourth-order valence-electron chi connectivity index (χ4n) is 2.42. The molecule has 0 aromatic rings. The van der Waals surface area contributed by atoms with Crippen molar-refractivity contribution in [2.24, 2.45) is 11.8 Å². The molecule has 0 unspecified atom stereocenters. The van der Waals surface area contributed by atoms with Gasteiger partial charge in [0.15, 0.2) is 0 Å². The van der Waals surface area contributed by atoms with Crippen LogP contribution in [0.25, 0.3) is 0 Å². The van der Waals surface area contributed by atoms with E-state index in [1.807, 2.05) is 0 Å². The fraction of sp³-hybridized carbons (Fsp3) is 1.00. The highest BCUT2D eigenvalue weighted by molar-refractivity contribution is 4.96. The third kappa shape index (κ3) is 4.42. The summed E-state index contributed by atoms with van der Waals surface area (Å²) in [6, 6.07) is 0.857. The van der Waals surface area contributed by atoms with Crippen LogP contribution in [0.4, 0.5) is 0 Å². The van der Waals surface area contributed by atoms with E-state index in [1.165, 1.54) is 44.9 Å². The molecule has 0 bridgehead atoms. The van der Waals surface area contributed by atoms with E-state index in [0.717, 1.165) is 37.6 Å². The molecule has 2 fully saturated rings. The van der Waals surface area contributed by atoms with Gasteiger partial charge in [0.05, 0.1) is 0 Å².